The topological polar surface area (TPSA) is 85.0 Å². The van der Waals surface area contributed by atoms with E-state index in [2.05, 4.69) is 0 Å². The number of nitrogens with zero attached hydrogens (tertiary/aromatic N) is 1. The van der Waals surface area contributed by atoms with Gasteiger partial charge in [-0.25, -0.2) is 0 Å². The van der Waals surface area contributed by atoms with Gasteiger partial charge in [-0.15, -0.1) is 0 Å². The van der Waals surface area contributed by atoms with Gasteiger partial charge in [0.1, 0.15) is 11.5 Å². The average molecular weight is 282 g/mol. The number of nitrogens with two attached hydrogens (primary N) is 1. The summed E-state index contributed by atoms with van der Waals surface area (Å²) in [6.45, 7) is 0. The van der Waals surface area contributed by atoms with E-state index in [-0.39, 0.29) is 6.42 Å². The van der Waals surface area contributed by atoms with Gasteiger partial charge in [-0.3, -0.25) is 4.79 Å². The molecule has 0 bridgehead atoms. The quantitative estimate of drug-likeness (QED) is 0.790. The Morgan fingerprint density at radius 2 is 1.90 bits per heavy atom. The summed E-state index contributed by atoms with van der Waals surface area (Å²) in [4.78, 5) is 12.5. The van der Waals surface area contributed by atoms with Crippen LogP contribution < -0.4 is 20.1 Å². The molecule has 0 heterocycles. The van der Waals surface area contributed by atoms with Crippen LogP contribution in [0, 0.1) is 0 Å². The summed E-state index contributed by atoms with van der Waals surface area (Å²) in [6.07, 6.45) is 0.359. The van der Waals surface area contributed by atoms with Crippen LogP contribution in [-0.4, -0.2) is 39.4 Å². The van der Waals surface area contributed by atoms with Crippen molar-refractivity contribution in [2.75, 3.05) is 33.2 Å². The van der Waals surface area contributed by atoms with Crippen LogP contribution in [0.4, 0.5) is 5.69 Å². The molecule has 1 unspecified atom stereocenters. The fourth-order valence-electron chi connectivity index (χ4n) is 1.98. The maximum absolute atomic E-state index is 10.6. The monoisotopic (exact) mass is 282 g/mol. The molecule has 0 aliphatic rings. The number of ether oxygens (including phenoxy) is 2. The number of methoxy groups -OCH3 is 2. The molecule has 1 rings (SSSR count). The SMILES string of the molecule is COc1cc(N(C)C)c(OC)cc1C(N)CCC(=O)O. The number of carbonyl (C=O) groups is 1. The number of benzene rings is 1. The third-order valence-corrected chi connectivity index (χ3v) is 3.08. The molecule has 0 spiro atoms. The van der Waals surface area contributed by atoms with E-state index in [1.807, 2.05) is 25.1 Å². The maximum atomic E-state index is 10.6. The molecule has 3 N–H and O–H groups in total. The minimum absolute atomic E-state index is 0.0159. The lowest BCUT2D eigenvalue weighted by atomic mass is 10.0. The highest BCUT2D eigenvalue weighted by atomic mass is 16.5. The molecule has 112 valence electrons. The lowest BCUT2D eigenvalue weighted by Gasteiger charge is -2.22. The summed E-state index contributed by atoms with van der Waals surface area (Å²) >= 11 is 0. The second kappa shape index (κ2) is 7.00. The van der Waals surface area contributed by atoms with Crippen molar-refractivity contribution in [3.63, 3.8) is 0 Å². The summed E-state index contributed by atoms with van der Waals surface area (Å²) in [7, 11) is 6.96. The van der Waals surface area contributed by atoms with E-state index in [9.17, 15) is 4.79 Å². The predicted octanol–water partition coefficient (Wildman–Crippen LogP) is 1.63. The fourth-order valence-corrected chi connectivity index (χ4v) is 1.98. The van der Waals surface area contributed by atoms with Gasteiger partial charge in [0.2, 0.25) is 0 Å². The maximum Gasteiger partial charge on any atom is 0.303 e. The van der Waals surface area contributed by atoms with Crippen molar-refractivity contribution in [2.24, 2.45) is 5.73 Å². The number of anilines is 1. The molecular formula is C14H22N2O4. The average Bonchev–Trinajstić information content (AvgIpc) is 2.42. The molecule has 0 aromatic heterocycles. The summed E-state index contributed by atoms with van der Waals surface area (Å²) < 4.78 is 10.7. The Hall–Kier alpha value is -1.95. The first-order chi connectivity index (χ1) is 9.40. The molecule has 0 saturated heterocycles. The molecule has 1 atom stereocenters. The third-order valence-electron chi connectivity index (χ3n) is 3.08. The van der Waals surface area contributed by atoms with E-state index in [1.54, 1.807) is 20.3 Å². The zero-order chi connectivity index (χ0) is 15.3. The van der Waals surface area contributed by atoms with Crippen molar-refractivity contribution in [1.29, 1.82) is 0 Å². The largest absolute Gasteiger partial charge is 0.496 e. The van der Waals surface area contributed by atoms with Gasteiger partial charge in [-0.2, -0.15) is 0 Å². The Labute approximate surface area is 119 Å². The Balaban J connectivity index is 3.14. The third kappa shape index (κ3) is 3.77. The van der Waals surface area contributed by atoms with Crippen molar-refractivity contribution >= 4 is 11.7 Å². The zero-order valence-electron chi connectivity index (χ0n) is 12.3. The molecule has 0 amide bonds. The van der Waals surface area contributed by atoms with Crippen LogP contribution >= 0.6 is 0 Å². The number of carboxylic acids is 1. The van der Waals surface area contributed by atoms with Gasteiger partial charge in [-0.1, -0.05) is 0 Å². The first kappa shape index (κ1) is 16.1. The standard InChI is InChI=1S/C14H22N2O4/c1-16(2)11-8-12(19-3)9(7-13(11)20-4)10(15)5-6-14(17)18/h7-8,10H,5-6,15H2,1-4H3,(H,17,18). The van der Waals surface area contributed by atoms with Gasteiger partial charge in [0, 0.05) is 38.2 Å². The Morgan fingerprint density at radius 1 is 1.30 bits per heavy atom. The van der Waals surface area contributed by atoms with Crippen molar-refractivity contribution in [2.45, 2.75) is 18.9 Å². The Kier molecular flexibility index (Phi) is 5.64. The number of hydrogen-bond donors (Lipinski definition) is 2. The van der Waals surface area contributed by atoms with Crippen molar-refractivity contribution in [1.82, 2.24) is 0 Å². The zero-order valence-corrected chi connectivity index (χ0v) is 12.3. The summed E-state index contributed by atoms with van der Waals surface area (Å²) in [5.41, 5.74) is 7.68. The first-order valence-corrected chi connectivity index (χ1v) is 6.31. The van der Waals surface area contributed by atoms with Crippen LogP contribution in [0.5, 0.6) is 11.5 Å². The molecular weight excluding hydrogens is 260 g/mol. The van der Waals surface area contributed by atoms with Crippen LogP contribution in [0.1, 0.15) is 24.4 Å². The van der Waals surface area contributed by atoms with Crippen LogP contribution in [0.15, 0.2) is 12.1 Å². The van der Waals surface area contributed by atoms with E-state index < -0.39 is 12.0 Å². The molecule has 6 heteroatoms. The number of hydrogen-bond acceptors (Lipinski definition) is 5. The second-order valence-corrected chi connectivity index (χ2v) is 4.70. The van der Waals surface area contributed by atoms with Gasteiger partial charge in [0.05, 0.1) is 19.9 Å². The van der Waals surface area contributed by atoms with Gasteiger partial charge < -0.3 is 25.2 Å². The molecule has 0 aliphatic carbocycles. The molecule has 1 aromatic carbocycles. The number of aliphatic carboxylic acids is 1. The van der Waals surface area contributed by atoms with Gasteiger partial charge in [-0.05, 0) is 12.5 Å². The van der Waals surface area contributed by atoms with Gasteiger partial charge in [0.15, 0.2) is 0 Å². The van der Waals surface area contributed by atoms with E-state index >= 15 is 0 Å². The van der Waals surface area contributed by atoms with Crippen LogP contribution in [0.3, 0.4) is 0 Å². The van der Waals surface area contributed by atoms with Gasteiger partial charge >= 0.3 is 5.97 Å². The Morgan fingerprint density at radius 3 is 2.35 bits per heavy atom. The first-order valence-electron chi connectivity index (χ1n) is 6.31. The van der Waals surface area contributed by atoms with Crippen molar-refractivity contribution in [3.8, 4) is 11.5 Å². The number of rotatable bonds is 7. The van der Waals surface area contributed by atoms with E-state index in [1.165, 1.54) is 0 Å². The smallest absolute Gasteiger partial charge is 0.303 e. The predicted molar refractivity (Wildman–Crippen MR) is 77.7 cm³/mol. The summed E-state index contributed by atoms with van der Waals surface area (Å²) in [6, 6.07) is 3.24. The van der Waals surface area contributed by atoms with Gasteiger partial charge in [0.25, 0.3) is 0 Å². The Bertz CT molecular complexity index is 474. The molecule has 0 aliphatic heterocycles. The van der Waals surface area contributed by atoms with Crippen LogP contribution in [0.2, 0.25) is 0 Å². The van der Waals surface area contributed by atoms with Crippen molar-refractivity contribution < 1.29 is 19.4 Å². The number of carboxylic acid groups (broad SMARTS) is 1. The highest BCUT2D eigenvalue weighted by Crippen LogP contribution is 2.37. The molecule has 1 aromatic rings. The minimum Gasteiger partial charge on any atom is -0.496 e. The fraction of sp³-hybridized carbons (Fsp3) is 0.500. The minimum atomic E-state index is -0.865. The van der Waals surface area contributed by atoms with E-state index in [4.69, 9.17) is 20.3 Å². The van der Waals surface area contributed by atoms with Crippen molar-refractivity contribution in [3.05, 3.63) is 17.7 Å². The lowest BCUT2D eigenvalue weighted by Crippen LogP contribution is -2.15. The molecule has 0 saturated carbocycles. The highest BCUT2D eigenvalue weighted by Gasteiger charge is 2.18. The summed E-state index contributed by atoms with van der Waals surface area (Å²) in [5.74, 6) is 0.445. The molecule has 0 fully saturated rings. The van der Waals surface area contributed by atoms with E-state index in [0.29, 0.717) is 17.9 Å². The summed E-state index contributed by atoms with van der Waals surface area (Å²) in [5, 5.41) is 8.74. The van der Waals surface area contributed by atoms with Crippen LogP contribution in [0.25, 0.3) is 0 Å². The van der Waals surface area contributed by atoms with Crippen LogP contribution in [-0.2, 0) is 4.79 Å². The lowest BCUT2D eigenvalue weighted by molar-refractivity contribution is -0.137. The highest BCUT2D eigenvalue weighted by molar-refractivity contribution is 5.67. The second-order valence-electron chi connectivity index (χ2n) is 4.70. The molecule has 20 heavy (non-hydrogen) atoms. The van der Waals surface area contributed by atoms with E-state index in [0.717, 1.165) is 11.3 Å². The molecule has 6 nitrogen and oxygen atoms in total. The normalized spacial score (nSPS) is 11.8. The molecule has 0 radical (unpaired) electrons.